The number of benzene rings is 2. The second kappa shape index (κ2) is 9.89. The fourth-order valence-corrected chi connectivity index (χ4v) is 4.73. The van der Waals surface area contributed by atoms with Crippen molar-refractivity contribution in [1.82, 2.24) is 9.80 Å². The van der Waals surface area contributed by atoms with E-state index in [4.69, 9.17) is 19.6 Å². The summed E-state index contributed by atoms with van der Waals surface area (Å²) in [6, 6.07) is 13.4. The number of carbonyl (C=O) groups excluding carboxylic acids is 2. The van der Waals surface area contributed by atoms with Gasteiger partial charge in [0.1, 0.15) is 11.3 Å². The molecule has 0 bridgehead atoms. The first-order valence-electron chi connectivity index (χ1n) is 11.7. The lowest BCUT2D eigenvalue weighted by Gasteiger charge is -2.29. The number of carbonyl (C=O) groups is 2. The standard InChI is InChI=1S/C26H27N3O6/c27-21(30)16-34-18-8-6-17(7-9-18)23-22-24(31)19-4-1-2-5-20(19)35-25(22)26(32)29(23)11-3-10-28-12-14-33-15-13-28/h1-2,4-9,23H,3,10-16H2,(H2,27,30)/t23-/m0/s1. The van der Waals surface area contributed by atoms with Crippen LogP contribution in [0.15, 0.2) is 57.7 Å². The van der Waals surface area contributed by atoms with E-state index in [0.717, 1.165) is 31.6 Å². The van der Waals surface area contributed by atoms with E-state index in [1.54, 1.807) is 53.4 Å². The Morgan fingerprint density at radius 2 is 1.77 bits per heavy atom. The first-order chi connectivity index (χ1) is 17.0. The Hall–Kier alpha value is -3.69. The SMILES string of the molecule is NC(=O)COc1ccc([C@H]2c3c(oc4ccccc4c3=O)C(=O)N2CCCN2CCOCC2)cc1. The highest BCUT2D eigenvalue weighted by Crippen LogP contribution is 2.38. The average molecular weight is 478 g/mol. The number of fused-ring (bicyclic) bond motifs is 2. The van der Waals surface area contributed by atoms with Crippen LogP contribution < -0.4 is 15.9 Å². The molecule has 1 aromatic heterocycles. The molecule has 2 amide bonds. The summed E-state index contributed by atoms with van der Waals surface area (Å²) in [6.45, 7) is 4.25. The van der Waals surface area contributed by atoms with E-state index in [9.17, 15) is 14.4 Å². The lowest BCUT2D eigenvalue weighted by Crippen LogP contribution is -2.38. The molecule has 2 aromatic carbocycles. The summed E-state index contributed by atoms with van der Waals surface area (Å²) >= 11 is 0. The van der Waals surface area contributed by atoms with Crippen molar-refractivity contribution in [2.24, 2.45) is 5.73 Å². The molecule has 3 heterocycles. The van der Waals surface area contributed by atoms with Gasteiger partial charge in [0.25, 0.3) is 11.8 Å². The maximum absolute atomic E-state index is 13.5. The molecule has 2 aliphatic rings. The summed E-state index contributed by atoms with van der Waals surface area (Å²) in [5.41, 5.74) is 6.46. The number of ether oxygens (including phenoxy) is 2. The number of nitrogens with two attached hydrogens (primary N) is 1. The molecule has 0 saturated carbocycles. The molecule has 0 aliphatic carbocycles. The molecule has 35 heavy (non-hydrogen) atoms. The second-order valence-electron chi connectivity index (χ2n) is 8.70. The molecule has 3 aromatic rings. The average Bonchev–Trinajstić information content (AvgIpc) is 3.15. The van der Waals surface area contributed by atoms with Crippen LogP contribution in [0.4, 0.5) is 0 Å². The lowest BCUT2D eigenvalue weighted by atomic mass is 9.98. The molecule has 2 N–H and O–H groups in total. The number of hydrogen-bond donors (Lipinski definition) is 1. The molecule has 1 fully saturated rings. The molecular formula is C26H27N3O6. The van der Waals surface area contributed by atoms with Crippen molar-refractivity contribution in [2.45, 2.75) is 12.5 Å². The van der Waals surface area contributed by atoms with E-state index >= 15 is 0 Å². The zero-order valence-corrected chi connectivity index (χ0v) is 19.3. The van der Waals surface area contributed by atoms with Gasteiger partial charge < -0.3 is 24.5 Å². The van der Waals surface area contributed by atoms with Crippen molar-refractivity contribution in [3.8, 4) is 5.75 Å². The van der Waals surface area contributed by atoms with Gasteiger partial charge in [-0.1, -0.05) is 24.3 Å². The summed E-state index contributed by atoms with van der Waals surface area (Å²) in [5, 5.41) is 0.445. The number of hydrogen-bond acceptors (Lipinski definition) is 7. The molecule has 0 unspecified atom stereocenters. The number of primary amides is 1. The minimum Gasteiger partial charge on any atom is -0.484 e. The van der Waals surface area contributed by atoms with Gasteiger partial charge in [0, 0.05) is 26.2 Å². The van der Waals surface area contributed by atoms with E-state index in [0.29, 0.717) is 42.0 Å². The maximum Gasteiger partial charge on any atom is 0.290 e. The van der Waals surface area contributed by atoms with Crippen LogP contribution in [0.2, 0.25) is 0 Å². The molecule has 1 saturated heterocycles. The summed E-state index contributed by atoms with van der Waals surface area (Å²) < 4.78 is 16.8. The van der Waals surface area contributed by atoms with Crippen LogP contribution in [0, 0.1) is 0 Å². The summed E-state index contributed by atoms with van der Waals surface area (Å²) in [4.78, 5) is 42.1. The number of amides is 2. The van der Waals surface area contributed by atoms with Gasteiger partial charge in [0.05, 0.1) is 30.2 Å². The van der Waals surface area contributed by atoms with Crippen LogP contribution in [0.1, 0.15) is 34.1 Å². The summed E-state index contributed by atoms with van der Waals surface area (Å²) in [5.74, 6) is -0.287. The van der Waals surface area contributed by atoms with Gasteiger partial charge in [-0.05, 0) is 36.2 Å². The molecule has 9 heteroatoms. The Kier molecular flexibility index (Phi) is 6.52. The Morgan fingerprint density at radius 1 is 1.03 bits per heavy atom. The third-order valence-electron chi connectivity index (χ3n) is 6.43. The first-order valence-corrected chi connectivity index (χ1v) is 11.7. The molecule has 0 spiro atoms. The van der Waals surface area contributed by atoms with E-state index in [1.807, 2.05) is 0 Å². The highest BCUT2D eigenvalue weighted by molar-refractivity contribution is 5.99. The highest BCUT2D eigenvalue weighted by atomic mass is 16.5. The van der Waals surface area contributed by atoms with Crippen molar-refractivity contribution in [2.75, 3.05) is 46.0 Å². The van der Waals surface area contributed by atoms with Gasteiger partial charge in [-0.3, -0.25) is 19.3 Å². The largest absolute Gasteiger partial charge is 0.484 e. The highest BCUT2D eigenvalue weighted by Gasteiger charge is 2.42. The topological polar surface area (TPSA) is 115 Å². The van der Waals surface area contributed by atoms with Gasteiger partial charge in [0.15, 0.2) is 12.0 Å². The molecular weight excluding hydrogens is 450 g/mol. The van der Waals surface area contributed by atoms with Gasteiger partial charge in [-0.2, -0.15) is 0 Å². The van der Waals surface area contributed by atoms with Crippen LogP contribution in [0.5, 0.6) is 5.75 Å². The van der Waals surface area contributed by atoms with Gasteiger partial charge in [0.2, 0.25) is 5.76 Å². The zero-order valence-electron chi connectivity index (χ0n) is 19.3. The maximum atomic E-state index is 13.5. The Morgan fingerprint density at radius 3 is 2.51 bits per heavy atom. The number of para-hydroxylation sites is 1. The minimum atomic E-state index is -0.576. The van der Waals surface area contributed by atoms with Gasteiger partial charge in [-0.25, -0.2) is 0 Å². The van der Waals surface area contributed by atoms with Crippen LogP contribution in [0.3, 0.4) is 0 Å². The van der Waals surface area contributed by atoms with Crippen LogP contribution in [-0.4, -0.2) is 67.6 Å². The van der Waals surface area contributed by atoms with E-state index in [2.05, 4.69) is 4.90 Å². The Balaban J connectivity index is 1.47. The van der Waals surface area contributed by atoms with Crippen molar-refractivity contribution < 1.29 is 23.5 Å². The third kappa shape index (κ3) is 4.65. The Bertz CT molecular complexity index is 1300. The van der Waals surface area contributed by atoms with Crippen molar-refractivity contribution in [3.63, 3.8) is 0 Å². The molecule has 2 aliphatic heterocycles. The lowest BCUT2D eigenvalue weighted by molar-refractivity contribution is -0.119. The summed E-state index contributed by atoms with van der Waals surface area (Å²) in [6.07, 6.45) is 0.754. The first kappa shape index (κ1) is 23.1. The Labute approximate surface area is 202 Å². The van der Waals surface area contributed by atoms with E-state index in [-0.39, 0.29) is 23.7 Å². The fraction of sp³-hybridized carbons (Fsp3) is 0.346. The van der Waals surface area contributed by atoms with Gasteiger partial charge in [-0.15, -0.1) is 0 Å². The van der Waals surface area contributed by atoms with E-state index in [1.165, 1.54) is 0 Å². The molecule has 9 nitrogen and oxygen atoms in total. The molecule has 182 valence electrons. The summed E-state index contributed by atoms with van der Waals surface area (Å²) in [7, 11) is 0. The molecule has 1 atom stereocenters. The smallest absolute Gasteiger partial charge is 0.290 e. The van der Waals surface area contributed by atoms with Crippen LogP contribution in [-0.2, 0) is 9.53 Å². The quantitative estimate of drug-likeness (QED) is 0.527. The minimum absolute atomic E-state index is 0.0964. The zero-order chi connectivity index (χ0) is 24.4. The van der Waals surface area contributed by atoms with Gasteiger partial charge >= 0.3 is 0 Å². The normalized spacial score (nSPS) is 18.1. The predicted molar refractivity (Wildman–Crippen MR) is 128 cm³/mol. The second-order valence-corrected chi connectivity index (χ2v) is 8.70. The molecule has 0 radical (unpaired) electrons. The van der Waals surface area contributed by atoms with Crippen molar-refractivity contribution >= 4 is 22.8 Å². The number of rotatable bonds is 8. The molecule has 5 rings (SSSR count). The van der Waals surface area contributed by atoms with Crippen molar-refractivity contribution in [3.05, 3.63) is 75.6 Å². The van der Waals surface area contributed by atoms with Crippen LogP contribution >= 0.6 is 0 Å². The number of nitrogens with zero attached hydrogens (tertiary/aromatic N) is 2. The van der Waals surface area contributed by atoms with E-state index < -0.39 is 11.9 Å². The van der Waals surface area contributed by atoms with Crippen LogP contribution in [0.25, 0.3) is 11.0 Å². The van der Waals surface area contributed by atoms with Crippen molar-refractivity contribution in [1.29, 1.82) is 0 Å². The monoisotopic (exact) mass is 477 g/mol. The predicted octanol–water partition coefficient (Wildman–Crippen LogP) is 1.92. The third-order valence-corrected chi connectivity index (χ3v) is 6.43. The number of morpholine rings is 1. The fourth-order valence-electron chi connectivity index (χ4n) is 4.73.